The molecule has 2 heteroatoms. The van der Waals surface area contributed by atoms with Crippen LogP contribution in [0.5, 0.6) is 0 Å². The fraction of sp³-hybridized carbons (Fsp3) is 0.526. The van der Waals surface area contributed by atoms with Crippen LogP contribution in [-0.2, 0) is 19.3 Å². The Balaban J connectivity index is 1.54. The van der Waals surface area contributed by atoms with Gasteiger partial charge in [0, 0.05) is 11.4 Å². The normalized spacial score (nSPS) is 11.6. The summed E-state index contributed by atoms with van der Waals surface area (Å²) in [4.78, 5) is 0. The molecule has 0 radical (unpaired) electrons. The van der Waals surface area contributed by atoms with Crippen LogP contribution in [0, 0.1) is 5.41 Å². The SMILES string of the molecule is CCCCCCCCCCCCCCCCC(Cc1ccccc1)(Cc1ccc(N)cc1)Cc1ccc(N)cc1. The lowest BCUT2D eigenvalue weighted by atomic mass is 9.69. The summed E-state index contributed by atoms with van der Waals surface area (Å²) in [6.07, 6.45) is 24.0. The molecular formula is C38H56N2. The molecule has 0 aliphatic carbocycles. The molecule has 0 amide bonds. The van der Waals surface area contributed by atoms with Gasteiger partial charge in [-0.2, -0.15) is 0 Å². The molecule has 3 aromatic rings. The summed E-state index contributed by atoms with van der Waals surface area (Å²) in [6, 6.07) is 28.2. The second-order valence-corrected chi connectivity index (χ2v) is 12.3. The van der Waals surface area contributed by atoms with Crippen LogP contribution in [0.15, 0.2) is 78.9 Å². The van der Waals surface area contributed by atoms with E-state index in [1.807, 2.05) is 0 Å². The van der Waals surface area contributed by atoms with Gasteiger partial charge in [-0.1, -0.05) is 151 Å². The van der Waals surface area contributed by atoms with Gasteiger partial charge in [-0.25, -0.2) is 0 Å². The Morgan fingerprint density at radius 3 is 1.18 bits per heavy atom. The lowest BCUT2D eigenvalue weighted by Crippen LogP contribution is -2.30. The van der Waals surface area contributed by atoms with Gasteiger partial charge in [0.2, 0.25) is 0 Å². The van der Waals surface area contributed by atoms with Gasteiger partial charge in [-0.05, 0) is 72.1 Å². The minimum Gasteiger partial charge on any atom is -0.399 e. The number of unbranched alkanes of at least 4 members (excludes halogenated alkanes) is 13. The molecule has 218 valence electrons. The molecule has 0 saturated carbocycles. The van der Waals surface area contributed by atoms with Gasteiger partial charge >= 0.3 is 0 Å². The minimum atomic E-state index is 0.157. The number of rotatable bonds is 21. The van der Waals surface area contributed by atoms with E-state index in [1.54, 1.807) is 0 Å². The average Bonchev–Trinajstić information content (AvgIpc) is 2.96. The quantitative estimate of drug-likeness (QED) is 0.104. The van der Waals surface area contributed by atoms with Crippen molar-refractivity contribution in [2.75, 3.05) is 11.5 Å². The molecule has 0 saturated heterocycles. The Hall–Kier alpha value is -2.74. The maximum atomic E-state index is 6.03. The summed E-state index contributed by atoms with van der Waals surface area (Å²) in [5.41, 5.74) is 18.1. The Bertz CT molecular complexity index is 976. The van der Waals surface area contributed by atoms with Crippen LogP contribution in [0.4, 0.5) is 11.4 Å². The van der Waals surface area contributed by atoms with Crippen molar-refractivity contribution in [3.8, 4) is 0 Å². The molecule has 3 aromatic carbocycles. The first kappa shape index (κ1) is 31.8. The molecule has 0 aliphatic heterocycles. The number of nitrogens with two attached hydrogens (primary N) is 2. The van der Waals surface area contributed by atoms with Gasteiger partial charge in [0.05, 0.1) is 0 Å². The van der Waals surface area contributed by atoms with E-state index in [0.29, 0.717) is 0 Å². The summed E-state index contributed by atoms with van der Waals surface area (Å²) in [5, 5.41) is 0. The van der Waals surface area contributed by atoms with Crippen molar-refractivity contribution in [2.24, 2.45) is 5.41 Å². The maximum absolute atomic E-state index is 6.03. The molecule has 0 heterocycles. The predicted molar refractivity (Wildman–Crippen MR) is 177 cm³/mol. The highest BCUT2D eigenvalue weighted by atomic mass is 14.5. The Labute approximate surface area is 246 Å². The second-order valence-electron chi connectivity index (χ2n) is 12.3. The van der Waals surface area contributed by atoms with Crippen LogP contribution in [0.1, 0.15) is 120 Å². The Kier molecular flexibility index (Phi) is 14.8. The van der Waals surface area contributed by atoms with Crippen LogP contribution < -0.4 is 11.5 Å². The fourth-order valence-corrected chi connectivity index (χ4v) is 6.31. The maximum Gasteiger partial charge on any atom is 0.0314 e. The topological polar surface area (TPSA) is 52.0 Å². The van der Waals surface area contributed by atoms with Crippen LogP contribution >= 0.6 is 0 Å². The molecule has 2 nitrogen and oxygen atoms in total. The van der Waals surface area contributed by atoms with E-state index in [1.165, 1.54) is 113 Å². The summed E-state index contributed by atoms with van der Waals surface area (Å²) in [5.74, 6) is 0. The molecule has 0 spiro atoms. The van der Waals surface area contributed by atoms with E-state index < -0.39 is 0 Å². The fourth-order valence-electron chi connectivity index (χ4n) is 6.31. The van der Waals surface area contributed by atoms with E-state index in [0.717, 1.165) is 30.6 Å². The summed E-state index contributed by atoms with van der Waals surface area (Å²) in [7, 11) is 0. The zero-order valence-corrected chi connectivity index (χ0v) is 25.4. The van der Waals surface area contributed by atoms with Crippen molar-refractivity contribution < 1.29 is 0 Å². The van der Waals surface area contributed by atoms with E-state index in [-0.39, 0.29) is 5.41 Å². The lowest BCUT2D eigenvalue weighted by Gasteiger charge is -2.35. The van der Waals surface area contributed by atoms with Crippen LogP contribution in [0.2, 0.25) is 0 Å². The first-order valence-corrected chi connectivity index (χ1v) is 16.3. The number of benzene rings is 3. The van der Waals surface area contributed by atoms with E-state index in [9.17, 15) is 0 Å². The van der Waals surface area contributed by atoms with Crippen LogP contribution in [0.3, 0.4) is 0 Å². The number of hydrogen-bond donors (Lipinski definition) is 2. The first-order chi connectivity index (χ1) is 19.6. The number of hydrogen-bond acceptors (Lipinski definition) is 2. The van der Waals surface area contributed by atoms with E-state index in [4.69, 9.17) is 11.5 Å². The zero-order valence-electron chi connectivity index (χ0n) is 25.4. The third-order valence-electron chi connectivity index (χ3n) is 8.60. The highest BCUT2D eigenvalue weighted by molar-refractivity contribution is 5.41. The van der Waals surface area contributed by atoms with Crippen molar-refractivity contribution in [1.82, 2.24) is 0 Å². The molecule has 0 fully saturated rings. The first-order valence-electron chi connectivity index (χ1n) is 16.3. The third kappa shape index (κ3) is 12.6. The summed E-state index contributed by atoms with van der Waals surface area (Å²) >= 11 is 0. The highest BCUT2D eigenvalue weighted by Crippen LogP contribution is 2.38. The molecule has 40 heavy (non-hydrogen) atoms. The summed E-state index contributed by atoms with van der Waals surface area (Å²) in [6.45, 7) is 2.30. The molecule has 0 aromatic heterocycles. The third-order valence-corrected chi connectivity index (χ3v) is 8.60. The van der Waals surface area contributed by atoms with Gasteiger partial charge in [0.25, 0.3) is 0 Å². The van der Waals surface area contributed by atoms with Gasteiger partial charge in [0.1, 0.15) is 0 Å². The van der Waals surface area contributed by atoms with Crippen LogP contribution in [-0.4, -0.2) is 0 Å². The van der Waals surface area contributed by atoms with Crippen molar-refractivity contribution in [2.45, 2.75) is 122 Å². The molecule has 3 rings (SSSR count). The minimum absolute atomic E-state index is 0.157. The molecule has 0 aliphatic rings. The van der Waals surface area contributed by atoms with Gasteiger partial charge in [-0.15, -0.1) is 0 Å². The monoisotopic (exact) mass is 540 g/mol. The van der Waals surface area contributed by atoms with Gasteiger partial charge < -0.3 is 11.5 Å². The van der Waals surface area contributed by atoms with Crippen molar-refractivity contribution in [3.63, 3.8) is 0 Å². The van der Waals surface area contributed by atoms with E-state index >= 15 is 0 Å². The summed E-state index contributed by atoms with van der Waals surface area (Å²) < 4.78 is 0. The highest BCUT2D eigenvalue weighted by Gasteiger charge is 2.31. The molecule has 4 N–H and O–H groups in total. The van der Waals surface area contributed by atoms with E-state index in [2.05, 4.69) is 85.8 Å². The van der Waals surface area contributed by atoms with Gasteiger partial charge in [-0.3, -0.25) is 0 Å². The zero-order chi connectivity index (χ0) is 28.3. The van der Waals surface area contributed by atoms with Crippen molar-refractivity contribution in [3.05, 3.63) is 95.6 Å². The molecule has 0 atom stereocenters. The largest absolute Gasteiger partial charge is 0.399 e. The number of nitrogen functional groups attached to an aromatic ring is 2. The molecular weight excluding hydrogens is 484 g/mol. The van der Waals surface area contributed by atoms with Crippen molar-refractivity contribution >= 4 is 11.4 Å². The average molecular weight is 541 g/mol. The standard InChI is InChI=1S/C38H56N2/c1-2-3-4-5-6-7-8-9-10-11-12-13-14-18-29-38(30-33-19-16-15-17-20-33,31-34-21-25-36(39)26-22-34)32-35-23-27-37(40)28-24-35/h15-17,19-28H,2-14,18,29-32,39-40H2,1H3. The smallest absolute Gasteiger partial charge is 0.0314 e. The molecule has 0 bridgehead atoms. The Morgan fingerprint density at radius 2 is 0.775 bits per heavy atom. The van der Waals surface area contributed by atoms with Crippen LogP contribution in [0.25, 0.3) is 0 Å². The lowest BCUT2D eigenvalue weighted by molar-refractivity contribution is 0.243. The second kappa shape index (κ2) is 18.6. The van der Waals surface area contributed by atoms with Crippen molar-refractivity contribution in [1.29, 1.82) is 0 Å². The van der Waals surface area contributed by atoms with Gasteiger partial charge in [0.15, 0.2) is 0 Å². The Morgan fingerprint density at radius 1 is 0.425 bits per heavy atom. The number of anilines is 2. The predicted octanol–water partition coefficient (Wildman–Crippen LogP) is 10.7. The molecule has 0 unspecified atom stereocenters.